The van der Waals surface area contributed by atoms with E-state index in [4.69, 9.17) is 0 Å². The van der Waals surface area contributed by atoms with E-state index in [-0.39, 0.29) is 0 Å². The van der Waals surface area contributed by atoms with Gasteiger partial charge in [-0.2, -0.15) is 5.26 Å². The molecule has 2 rings (SSSR count). The maximum atomic E-state index is 12.5. The number of amides is 1. The molecule has 1 unspecified atom stereocenters. The van der Waals surface area contributed by atoms with Crippen LogP contribution in [0.3, 0.4) is 0 Å². The Labute approximate surface area is 145 Å². The zero-order valence-corrected chi connectivity index (χ0v) is 14.4. The highest BCUT2D eigenvalue weighted by Crippen LogP contribution is 2.20. The predicted octanol–water partition coefficient (Wildman–Crippen LogP) is 4.07. The van der Waals surface area contributed by atoms with Gasteiger partial charge in [0, 0.05) is 16.1 Å². The summed E-state index contributed by atoms with van der Waals surface area (Å²) in [6.07, 6.45) is 0. The first kappa shape index (κ1) is 17.8. The number of hydrogen-bond acceptors (Lipinski definition) is 4. The van der Waals surface area contributed by atoms with Crippen LogP contribution in [0.4, 0.5) is 5.69 Å². The number of carbonyl (C=O) groups is 2. The smallest absolute Gasteiger partial charge is 0.249 e. The van der Waals surface area contributed by atoms with Gasteiger partial charge < -0.3 is 5.32 Å². The van der Waals surface area contributed by atoms with Gasteiger partial charge in [0.1, 0.15) is 0 Å². The molecule has 24 heavy (non-hydrogen) atoms. The van der Waals surface area contributed by atoms with Crippen molar-refractivity contribution in [2.75, 3.05) is 11.1 Å². The standard InChI is InChI=1S/C19H18N2O2S/c1-3-24-16-9-7-14(8-10-16)18(22)17(12-20)19(23)21-15-6-4-5-13(2)11-15/h4-11,17H,3H2,1-2H3,(H,21,23). The fraction of sp³-hybridized carbons (Fsp3) is 0.211. The molecule has 0 aliphatic carbocycles. The molecule has 122 valence electrons. The molecule has 0 saturated carbocycles. The second-order valence-corrected chi connectivity index (χ2v) is 6.58. The van der Waals surface area contributed by atoms with Crippen LogP contribution in [-0.4, -0.2) is 17.4 Å². The quantitative estimate of drug-likeness (QED) is 0.490. The van der Waals surface area contributed by atoms with E-state index in [2.05, 4.69) is 5.32 Å². The fourth-order valence-corrected chi connectivity index (χ4v) is 2.88. The van der Waals surface area contributed by atoms with Crippen LogP contribution in [-0.2, 0) is 4.79 Å². The lowest BCUT2D eigenvalue weighted by molar-refractivity contribution is -0.117. The number of hydrogen-bond donors (Lipinski definition) is 1. The van der Waals surface area contributed by atoms with E-state index in [9.17, 15) is 14.9 Å². The average molecular weight is 338 g/mol. The number of thioether (sulfide) groups is 1. The van der Waals surface area contributed by atoms with E-state index in [1.54, 1.807) is 42.1 Å². The molecule has 0 fully saturated rings. The van der Waals surface area contributed by atoms with Crippen LogP contribution in [0.1, 0.15) is 22.8 Å². The highest BCUT2D eigenvalue weighted by atomic mass is 32.2. The lowest BCUT2D eigenvalue weighted by atomic mass is 9.98. The number of Topliss-reactive ketones (excluding diaryl/α,β-unsaturated/α-hetero) is 1. The summed E-state index contributed by atoms with van der Waals surface area (Å²) in [4.78, 5) is 25.8. The molecule has 0 radical (unpaired) electrons. The Kier molecular flexibility index (Phi) is 6.16. The molecule has 0 spiro atoms. The molecule has 1 N–H and O–H groups in total. The van der Waals surface area contributed by atoms with Crippen LogP contribution < -0.4 is 5.32 Å². The van der Waals surface area contributed by atoms with Crippen LogP contribution in [0.15, 0.2) is 53.4 Å². The topological polar surface area (TPSA) is 70.0 Å². The van der Waals surface area contributed by atoms with Crippen molar-refractivity contribution in [2.45, 2.75) is 18.7 Å². The predicted molar refractivity (Wildman–Crippen MR) is 96.1 cm³/mol. The van der Waals surface area contributed by atoms with Crippen molar-refractivity contribution < 1.29 is 9.59 Å². The van der Waals surface area contributed by atoms with Crippen molar-refractivity contribution in [1.29, 1.82) is 5.26 Å². The molecule has 5 heteroatoms. The minimum absolute atomic E-state index is 0.362. The minimum Gasteiger partial charge on any atom is -0.325 e. The molecule has 0 aliphatic heterocycles. The third-order valence-electron chi connectivity index (χ3n) is 3.39. The number of anilines is 1. The summed E-state index contributed by atoms with van der Waals surface area (Å²) in [6.45, 7) is 3.95. The van der Waals surface area contributed by atoms with Crippen LogP contribution >= 0.6 is 11.8 Å². The summed E-state index contributed by atoms with van der Waals surface area (Å²) in [5.74, 6) is -1.53. The van der Waals surface area contributed by atoms with Crippen molar-refractivity contribution in [3.05, 3.63) is 59.7 Å². The summed E-state index contributed by atoms with van der Waals surface area (Å²) < 4.78 is 0. The first-order valence-corrected chi connectivity index (χ1v) is 8.58. The maximum Gasteiger partial charge on any atom is 0.249 e. The van der Waals surface area contributed by atoms with Gasteiger partial charge in [-0.3, -0.25) is 9.59 Å². The third-order valence-corrected chi connectivity index (χ3v) is 4.28. The molecule has 2 aromatic rings. The maximum absolute atomic E-state index is 12.5. The fourth-order valence-electron chi connectivity index (χ4n) is 2.22. The van der Waals surface area contributed by atoms with Gasteiger partial charge in [0.25, 0.3) is 0 Å². The Morgan fingerprint density at radius 3 is 2.50 bits per heavy atom. The molecule has 4 nitrogen and oxygen atoms in total. The van der Waals surface area contributed by atoms with Crippen LogP contribution in [0, 0.1) is 24.2 Å². The van der Waals surface area contributed by atoms with E-state index < -0.39 is 17.6 Å². The number of nitriles is 1. The highest BCUT2D eigenvalue weighted by molar-refractivity contribution is 7.99. The van der Waals surface area contributed by atoms with Gasteiger partial charge in [0.15, 0.2) is 11.7 Å². The van der Waals surface area contributed by atoms with E-state index in [0.717, 1.165) is 16.2 Å². The number of nitrogens with zero attached hydrogens (tertiary/aromatic N) is 1. The highest BCUT2D eigenvalue weighted by Gasteiger charge is 2.27. The van der Waals surface area contributed by atoms with Crippen molar-refractivity contribution in [3.63, 3.8) is 0 Å². The molecular weight excluding hydrogens is 320 g/mol. The molecule has 0 heterocycles. The Hall–Kier alpha value is -2.58. The SMILES string of the molecule is CCSc1ccc(C(=O)C(C#N)C(=O)Nc2cccc(C)c2)cc1. The van der Waals surface area contributed by atoms with E-state index >= 15 is 0 Å². The number of rotatable bonds is 6. The first-order chi connectivity index (χ1) is 11.5. The Balaban J connectivity index is 2.13. The largest absolute Gasteiger partial charge is 0.325 e. The summed E-state index contributed by atoms with van der Waals surface area (Å²) in [7, 11) is 0. The van der Waals surface area contributed by atoms with Crippen molar-refractivity contribution in [2.24, 2.45) is 5.92 Å². The number of aryl methyl sites for hydroxylation is 1. The Morgan fingerprint density at radius 2 is 1.92 bits per heavy atom. The van der Waals surface area contributed by atoms with Crippen LogP contribution in [0.5, 0.6) is 0 Å². The molecule has 2 aromatic carbocycles. The van der Waals surface area contributed by atoms with E-state index in [0.29, 0.717) is 11.3 Å². The molecule has 1 amide bonds. The lowest BCUT2D eigenvalue weighted by Crippen LogP contribution is -2.28. The van der Waals surface area contributed by atoms with Crippen LogP contribution in [0.2, 0.25) is 0 Å². The van der Waals surface area contributed by atoms with Gasteiger partial charge in [-0.15, -0.1) is 11.8 Å². The average Bonchev–Trinajstić information content (AvgIpc) is 2.56. The number of benzene rings is 2. The second kappa shape index (κ2) is 8.32. The molecule has 0 bridgehead atoms. The molecule has 0 aromatic heterocycles. The Morgan fingerprint density at radius 1 is 1.21 bits per heavy atom. The summed E-state index contributed by atoms with van der Waals surface area (Å²) in [5, 5.41) is 11.9. The van der Waals surface area contributed by atoms with E-state index in [1.165, 1.54) is 0 Å². The Bertz CT molecular complexity index is 779. The monoisotopic (exact) mass is 338 g/mol. The normalized spacial score (nSPS) is 11.4. The molecule has 0 aliphatic rings. The van der Waals surface area contributed by atoms with Crippen LogP contribution in [0.25, 0.3) is 0 Å². The van der Waals surface area contributed by atoms with Gasteiger partial charge in [0.2, 0.25) is 5.91 Å². The number of nitrogens with one attached hydrogen (secondary N) is 1. The van der Waals surface area contributed by atoms with Crippen molar-refractivity contribution in [3.8, 4) is 6.07 Å². The zero-order chi connectivity index (χ0) is 17.5. The number of carbonyl (C=O) groups excluding carboxylic acids is 2. The lowest BCUT2D eigenvalue weighted by Gasteiger charge is -2.10. The summed E-state index contributed by atoms with van der Waals surface area (Å²) in [5.41, 5.74) is 1.92. The third kappa shape index (κ3) is 4.46. The van der Waals surface area contributed by atoms with Gasteiger partial charge >= 0.3 is 0 Å². The first-order valence-electron chi connectivity index (χ1n) is 7.59. The van der Waals surface area contributed by atoms with Crippen molar-refractivity contribution in [1.82, 2.24) is 0 Å². The van der Waals surface area contributed by atoms with Gasteiger partial charge in [-0.25, -0.2) is 0 Å². The molecule has 1 atom stereocenters. The molecular formula is C19H18N2O2S. The zero-order valence-electron chi connectivity index (χ0n) is 13.6. The second-order valence-electron chi connectivity index (χ2n) is 5.24. The minimum atomic E-state index is -1.37. The number of ketones is 1. The summed E-state index contributed by atoms with van der Waals surface area (Å²) in [6, 6.07) is 16.0. The summed E-state index contributed by atoms with van der Waals surface area (Å²) >= 11 is 1.66. The van der Waals surface area contributed by atoms with Crippen molar-refractivity contribution >= 4 is 29.1 Å². The van der Waals surface area contributed by atoms with Gasteiger partial charge in [0.05, 0.1) is 6.07 Å². The van der Waals surface area contributed by atoms with Gasteiger partial charge in [-0.05, 0) is 42.5 Å². The molecule has 0 saturated heterocycles. The van der Waals surface area contributed by atoms with Gasteiger partial charge in [-0.1, -0.05) is 31.2 Å². The van der Waals surface area contributed by atoms with E-state index in [1.807, 2.05) is 38.1 Å².